The van der Waals surface area contributed by atoms with E-state index in [1.54, 1.807) is 12.1 Å². The maximum atomic E-state index is 13.0. The Morgan fingerprint density at radius 1 is 0.864 bits per heavy atom. The Balaban J connectivity index is 1.43. The number of nitrogens with zero attached hydrogens (tertiary/aromatic N) is 2. The summed E-state index contributed by atoms with van der Waals surface area (Å²) in [5.41, 5.74) is 4.06. The van der Waals surface area contributed by atoms with Crippen molar-refractivity contribution in [3.63, 3.8) is 0 Å². The number of anilines is 2. The Bertz CT molecular complexity index is 645. The van der Waals surface area contributed by atoms with E-state index in [2.05, 4.69) is 34.1 Å². The maximum Gasteiger partial charge on any atom is 0.123 e. The Morgan fingerprint density at radius 3 is 2.36 bits per heavy atom. The summed E-state index contributed by atoms with van der Waals surface area (Å²) < 4.78 is 13.0. The lowest BCUT2D eigenvalue weighted by molar-refractivity contribution is 0.472. The molecule has 0 aromatic heterocycles. The number of fused-ring (bicyclic) bond motifs is 1. The van der Waals surface area contributed by atoms with Gasteiger partial charge in [-0.2, -0.15) is 0 Å². The van der Waals surface area contributed by atoms with Gasteiger partial charge in [0.05, 0.1) is 0 Å². The van der Waals surface area contributed by atoms with Gasteiger partial charge in [-0.25, -0.2) is 4.39 Å². The van der Waals surface area contributed by atoms with Crippen LogP contribution >= 0.6 is 0 Å². The van der Waals surface area contributed by atoms with Gasteiger partial charge in [-0.15, -0.1) is 0 Å². The predicted molar refractivity (Wildman–Crippen MR) is 89.1 cm³/mol. The van der Waals surface area contributed by atoms with Crippen LogP contribution in [0.4, 0.5) is 15.8 Å². The number of rotatable bonds is 2. The quantitative estimate of drug-likeness (QED) is 0.830. The van der Waals surface area contributed by atoms with E-state index in [-0.39, 0.29) is 5.82 Å². The van der Waals surface area contributed by atoms with Crippen LogP contribution in [0.3, 0.4) is 0 Å². The van der Waals surface area contributed by atoms with Crippen molar-refractivity contribution in [3.05, 3.63) is 59.9 Å². The Hall–Kier alpha value is -2.03. The fourth-order valence-electron chi connectivity index (χ4n) is 3.83. The van der Waals surface area contributed by atoms with Crippen molar-refractivity contribution in [2.24, 2.45) is 0 Å². The molecule has 0 bridgehead atoms. The number of para-hydroxylation sites is 1. The van der Waals surface area contributed by atoms with Crippen LogP contribution in [0, 0.1) is 5.82 Å². The van der Waals surface area contributed by atoms with Gasteiger partial charge in [0.2, 0.25) is 0 Å². The molecule has 2 nitrogen and oxygen atoms in total. The van der Waals surface area contributed by atoms with Crippen LogP contribution in [-0.4, -0.2) is 25.7 Å². The van der Waals surface area contributed by atoms with Crippen molar-refractivity contribution in [3.8, 4) is 0 Å². The molecule has 0 atom stereocenters. The van der Waals surface area contributed by atoms with E-state index in [0.717, 1.165) is 25.3 Å². The molecular weight excluding hydrogens is 275 g/mol. The van der Waals surface area contributed by atoms with Crippen LogP contribution in [0.25, 0.3) is 0 Å². The normalized spacial score (nSPS) is 18.6. The third-order valence-electron chi connectivity index (χ3n) is 5.02. The van der Waals surface area contributed by atoms with Gasteiger partial charge >= 0.3 is 0 Å². The maximum absolute atomic E-state index is 13.0. The molecule has 0 aliphatic carbocycles. The molecule has 2 heterocycles. The highest BCUT2D eigenvalue weighted by Crippen LogP contribution is 2.33. The second-order valence-electron chi connectivity index (χ2n) is 6.27. The van der Waals surface area contributed by atoms with E-state index in [4.69, 9.17) is 0 Å². The van der Waals surface area contributed by atoms with E-state index < -0.39 is 0 Å². The molecule has 2 aromatic rings. The van der Waals surface area contributed by atoms with Crippen molar-refractivity contribution < 1.29 is 4.39 Å². The van der Waals surface area contributed by atoms with Crippen molar-refractivity contribution in [2.75, 3.05) is 29.4 Å². The Morgan fingerprint density at radius 2 is 1.59 bits per heavy atom. The van der Waals surface area contributed by atoms with E-state index in [0.29, 0.717) is 6.04 Å². The van der Waals surface area contributed by atoms with Crippen molar-refractivity contribution in [1.29, 1.82) is 0 Å². The van der Waals surface area contributed by atoms with E-state index >= 15 is 0 Å². The molecular formula is C19H21FN2. The highest BCUT2D eigenvalue weighted by molar-refractivity contribution is 5.59. The third-order valence-corrected chi connectivity index (χ3v) is 5.02. The van der Waals surface area contributed by atoms with Crippen LogP contribution in [0.15, 0.2) is 48.5 Å². The summed E-state index contributed by atoms with van der Waals surface area (Å²) >= 11 is 0. The highest BCUT2D eigenvalue weighted by atomic mass is 19.1. The zero-order valence-corrected chi connectivity index (χ0v) is 12.7. The van der Waals surface area contributed by atoms with Crippen LogP contribution in [0.5, 0.6) is 0 Å². The summed E-state index contributed by atoms with van der Waals surface area (Å²) in [5.74, 6) is -0.160. The first-order valence-electron chi connectivity index (χ1n) is 8.16. The van der Waals surface area contributed by atoms with Crippen LogP contribution in [0.1, 0.15) is 18.4 Å². The fraction of sp³-hybridized carbons (Fsp3) is 0.368. The van der Waals surface area contributed by atoms with Gasteiger partial charge in [0.15, 0.2) is 0 Å². The molecule has 2 aromatic carbocycles. The van der Waals surface area contributed by atoms with Crippen molar-refractivity contribution in [2.45, 2.75) is 25.3 Å². The second-order valence-corrected chi connectivity index (χ2v) is 6.27. The Labute approximate surface area is 131 Å². The molecule has 0 amide bonds. The van der Waals surface area contributed by atoms with Crippen molar-refractivity contribution in [1.82, 2.24) is 0 Å². The van der Waals surface area contributed by atoms with Crippen LogP contribution in [0.2, 0.25) is 0 Å². The molecule has 0 N–H and O–H groups in total. The lowest BCUT2D eigenvalue weighted by Crippen LogP contribution is -2.44. The third kappa shape index (κ3) is 2.45. The Kier molecular flexibility index (Phi) is 3.49. The van der Waals surface area contributed by atoms with Gasteiger partial charge in [0, 0.05) is 37.1 Å². The SMILES string of the molecule is Fc1ccc(N2CCC(N3CCc4ccccc43)CC2)cc1. The van der Waals surface area contributed by atoms with Crippen LogP contribution < -0.4 is 9.80 Å². The average molecular weight is 296 g/mol. The second kappa shape index (κ2) is 5.64. The largest absolute Gasteiger partial charge is 0.371 e. The standard InChI is InChI=1S/C19H21FN2/c20-16-5-7-17(8-6-16)21-12-10-18(11-13-21)22-14-9-15-3-1-2-4-19(15)22/h1-8,18H,9-14H2. The molecule has 2 aliphatic heterocycles. The van der Waals surface area contributed by atoms with Gasteiger partial charge in [-0.3, -0.25) is 0 Å². The molecule has 4 rings (SSSR count). The molecule has 0 radical (unpaired) electrons. The average Bonchev–Trinajstić information content (AvgIpc) is 3.00. The summed E-state index contributed by atoms with van der Waals surface area (Å²) in [6.07, 6.45) is 3.52. The number of piperidine rings is 1. The minimum atomic E-state index is -0.160. The first kappa shape index (κ1) is 13.6. The molecule has 0 saturated carbocycles. The van der Waals surface area contributed by atoms with E-state index in [1.807, 2.05) is 12.1 Å². The molecule has 114 valence electrons. The number of hydrogen-bond donors (Lipinski definition) is 0. The summed E-state index contributed by atoms with van der Waals surface area (Å²) in [4.78, 5) is 4.97. The minimum absolute atomic E-state index is 0.160. The van der Waals surface area contributed by atoms with Gasteiger partial charge in [-0.1, -0.05) is 18.2 Å². The topological polar surface area (TPSA) is 6.48 Å². The van der Waals surface area contributed by atoms with Gasteiger partial charge in [-0.05, 0) is 55.2 Å². The minimum Gasteiger partial charge on any atom is -0.371 e. The zero-order valence-electron chi connectivity index (χ0n) is 12.7. The lowest BCUT2D eigenvalue weighted by atomic mass is 10.0. The number of benzene rings is 2. The lowest BCUT2D eigenvalue weighted by Gasteiger charge is -2.39. The van der Waals surface area contributed by atoms with Crippen molar-refractivity contribution >= 4 is 11.4 Å². The van der Waals surface area contributed by atoms with Gasteiger partial charge in [0.25, 0.3) is 0 Å². The molecule has 22 heavy (non-hydrogen) atoms. The molecule has 1 fully saturated rings. The monoisotopic (exact) mass is 296 g/mol. The number of halogens is 1. The summed E-state index contributed by atoms with van der Waals surface area (Å²) in [7, 11) is 0. The summed E-state index contributed by atoms with van der Waals surface area (Å²) in [6.45, 7) is 3.25. The van der Waals surface area contributed by atoms with Gasteiger partial charge in [0.1, 0.15) is 5.82 Å². The molecule has 0 spiro atoms. The molecule has 1 saturated heterocycles. The zero-order chi connectivity index (χ0) is 14.9. The molecule has 0 unspecified atom stereocenters. The highest BCUT2D eigenvalue weighted by Gasteiger charge is 2.28. The van der Waals surface area contributed by atoms with Gasteiger partial charge < -0.3 is 9.80 Å². The van der Waals surface area contributed by atoms with E-state index in [1.165, 1.54) is 30.5 Å². The van der Waals surface area contributed by atoms with Crippen LogP contribution in [-0.2, 0) is 6.42 Å². The fourth-order valence-corrected chi connectivity index (χ4v) is 3.83. The molecule has 2 aliphatic rings. The summed E-state index contributed by atoms with van der Waals surface area (Å²) in [5, 5.41) is 0. The smallest absolute Gasteiger partial charge is 0.123 e. The number of hydrogen-bond acceptors (Lipinski definition) is 2. The molecule has 3 heteroatoms. The predicted octanol–water partition coefficient (Wildman–Crippen LogP) is 3.86. The van der Waals surface area contributed by atoms with E-state index in [9.17, 15) is 4.39 Å². The first-order valence-corrected chi connectivity index (χ1v) is 8.16. The summed E-state index contributed by atoms with van der Waals surface area (Å²) in [6, 6.07) is 16.3. The first-order chi connectivity index (χ1) is 10.8.